The number of aromatic nitrogens is 2. The molecular weight excluding hydrogens is 278 g/mol. The van der Waals surface area contributed by atoms with E-state index in [1.807, 2.05) is 0 Å². The molecule has 2 rings (SSSR count). The van der Waals surface area contributed by atoms with E-state index in [9.17, 15) is 9.59 Å². The Morgan fingerprint density at radius 2 is 2.40 bits per heavy atom. The van der Waals surface area contributed by atoms with Crippen LogP contribution in [0.4, 0.5) is 0 Å². The topological polar surface area (TPSA) is 95.1 Å². The molecule has 6 nitrogen and oxygen atoms in total. The van der Waals surface area contributed by atoms with Crippen LogP contribution in [0.3, 0.4) is 0 Å². The third-order valence-corrected chi connectivity index (χ3v) is 3.05. The monoisotopic (exact) mass is 289 g/mol. The second-order valence-electron chi connectivity index (χ2n) is 3.72. The van der Waals surface area contributed by atoms with Crippen LogP contribution in [0.5, 0.6) is 0 Å². The molecule has 0 aromatic carbocycles. The molecule has 0 atom stereocenters. The van der Waals surface area contributed by atoms with E-state index >= 15 is 0 Å². The molecule has 3 N–H and O–H groups in total. The van der Waals surface area contributed by atoms with Crippen LogP contribution in [0.2, 0.25) is 0 Å². The third-order valence-electron chi connectivity index (χ3n) is 2.34. The molecule has 7 heteroatoms. The quantitative estimate of drug-likeness (QED) is 0.699. The number of carbonyl (C=O) groups excluding carboxylic acids is 1. The van der Waals surface area contributed by atoms with Crippen LogP contribution in [0.15, 0.2) is 28.5 Å². The minimum atomic E-state index is -0.389. The minimum Gasteiger partial charge on any atom is -0.384 e. The number of rotatable bonds is 3. The molecule has 20 heavy (non-hydrogen) atoms. The SMILES string of the molecule is O=C(NCc1csc(=O)[nH]1)c1ncccc1C#CCO. The predicted octanol–water partition coefficient (Wildman–Crippen LogP) is 0.105. The van der Waals surface area contributed by atoms with E-state index in [1.165, 1.54) is 6.20 Å². The van der Waals surface area contributed by atoms with E-state index in [1.54, 1.807) is 17.5 Å². The van der Waals surface area contributed by atoms with Crippen LogP contribution in [0.25, 0.3) is 0 Å². The number of hydrogen-bond donors (Lipinski definition) is 3. The van der Waals surface area contributed by atoms with Gasteiger partial charge in [0.25, 0.3) is 5.91 Å². The lowest BCUT2D eigenvalue weighted by molar-refractivity contribution is 0.0945. The summed E-state index contributed by atoms with van der Waals surface area (Å²) in [6.07, 6.45) is 1.49. The van der Waals surface area contributed by atoms with Gasteiger partial charge in [-0.25, -0.2) is 4.98 Å². The molecule has 0 unspecified atom stereocenters. The van der Waals surface area contributed by atoms with Gasteiger partial charge in [-0.2, -0.15) is 0 Å². The van der Waals surface area contributed by atoms with Crippen molar-refractivity contribution in [2.24, 2.45) is 0 Å². The molecule has 2 aromatic rings. The van der Waals surface area contributed by atoms with Gasteiger partial charge in [0.05, 0.1) is 12.1 Å². The number of amides is 1. The maximum atomic E-state index is 12.0. The Labute approximate surface area is 118 Å². The number of aliphatic hydroxyl groups is 1. The van der Waals surface area contributed by atoms with Crippen molar-refractivity contribution in [1.29, 1.82) is 0 Å². The van der Waals surface area contributed by atoms with Crippen LogP contribution < -0.4 is 10.2 Å². The molecule has 0 spiro atoms. The number of thiazole rings is 1. The van der Waals surface area contributed by atoms with E-state index in [0.29, 0.717) is 11.3 Å². The number of nitrogens with one attached hydrogen (secondary N) is 2. The van der Waals surface area contributed by atoms with Gasteiger partial charge in [-0.05, 0) is 12.1 Å². The summed E-state index contributed by atoms with van der Waals surface area (Å²) in [5, 5.41) is 13.0. The van der Waals surface area contributed by atoms with Crippen LogP contribution in [0, 0.1) is 11.8 Å². The Hall–Kier alpha value is -2.43. The molecule has 0 saturated carbocycles. The Morgan fingerprint density at radius 1 is 1.55 bits per heavy atom. The van der Waals surface area contributed by atoms with Gasteiger partial charge < -0.3 is 15.4 Å². The van der Waals surface area contributed by atoms with Crippen molar-refractivity contribution < 1.29 is 9.90 Å². The fourth-order valence-corrected chi connectivity index (χ4v) is 2.06. The average Bonchev–Trinajstić information content (AvgIpc) is 2.88. The number of hydrogen-bond acceptors (Lipinski definition) is 5. The van der Waals surface area contributed by atoms with E-state index < -0.39 is 0 Å². The number of carbonyl (C=O) groups is 1. The van der Waals surface area contributed by atoms with Crippen LogP contribution in [-0.4, -0.2) is 27.6 Å². The van der Waals surface area contributed by atoms with E-state index in [2.05, 4.69) is 27.1 Å². The van der Waals surface area contributed by atoms with Gasteiger partial charge in [-0.1, -0.05) is 23.2 Å². The maximum absolute atomic E-state index is 12.0. The lowest BCUT2D eigenvalue weighted by atomic mass is 10.2. The van der Waals surface area contributed by atoms with E-state index in [4.69, 9.17) is 5.11 Å². The summed E-state index contributed by atoms with van der Waals surface area (Å²) in [4.78, 5) is 29.4. The first-order valence-electron chi connectivity index (χ1n) is 5.70. The highest BCUT2D eigenvalue weighted by molar-refractivity contribution is 7.07. The van der Waals surface area contributed by atoms with Crippen LogP contribution >= 0.6 is 11.3 Å². The Balaban J connectivity index is 2.11. The largest absolute Gasteiger partial charge is 0.384 e. The molecule has 2 aromatic heterocycles. The molecule has 2 heterocycles. The lowest BCUT2D eigenvalue weighted by Gasteiger charge is -2.04. The number of H-pyrrole nitrogens is 1. The predicted molar refractivity (Wildman–Crippen MR) is 74.3 cm³/mol. The van der Waals surface area contributed by atoms with E-state index in [0.717, 1.165) is 11.3 Å². The molecule has 0 saturated heterocycles. The molecule has 0 fully saturated rings. The van der Waals surface area contributed by atoms with Gasteiger partial charge in [-0.15, -0.1) is 0 Å². The van der Waals surface area contributed by atoms with Crippen molar-refractivity contribution in [3.8, 4) is 11.8 Å². The molecular formula is C13H11N3O3S. The van der Waals surface area contributed by atoms with Gasteiger partial charge in [0.2, 0.25) is 0 Å². The highest BCUT2D eigenvalue weighted by Gasteiger charge is 2.11. The summed E-state index contributed by atoms with van der Waals surface area (Å²) in [5.41, 5.74) is 1.26. The van der Waals surface area contributed by atoms with Gasteiger partial charge in [0.15, 0.2) is 0 Å². The van der Waals surface area contributed by atoms with Crippen molar-refractivity contribution in [3.63, 3.8) is 0 Å². The highest BCUT2D eigenvalue weighted by Crippen LogP contribution is 2.04. The normalized spacial score (nSPS) is 9.65. The van der Waals surface area contributed by atoms with Gasteiger partial charge >= 0.3 is 4.87 Å². The summed E-state index contributed by atoms with van der Waals surface area (Å²) in [6.45, 7) is -0.0763. The second-order valence-corrected chi connectivity index (χ2v) is 4.56. The summed E-state index contributed by atoms with van der Waals surface area (Å²) >= 11 is 1.04. The second kappa shape index (κ2) is 6.65. The van der Waals surface area contributed by atoms with Gasteiger partial charge in [0, 0.05) is 17.3 Å². The lowest BCUT2D eigenvalue weighted by Crippen LogP contribution is -2.25. The molecule has 0 radical (unpaired) electrons. The molecule has 102 valence electrons. The molecule has 0 aliphatic heterocycles. The number of pyridine rings is 1. The highest BCUT2D eigenvalue weighted by atomic mass is 32.1. The molecule has 0 bridgehead atoms. The fourth-order valence-electron chi connectivity index (χ4n) is 1.48. The van der Waals surface area contributed by atoms with Crippen molar-refractivity contribution in [3.05, 3.63) is 50.3 Å². The number of aromatic amines is 1. The zero-order valence-electron chi connectivity index (χ0n) is 10.3. The van der Waals surface area contributed by atoms with Crippen LogP contribution in [-0.2, 0) is 6.54 Å². The number of nitrogens with zero attached hydrogens (tertiary/aromatic N) is 1. The minimum absolute atomic E-state index is 0.165. The van der Waals surface area contributed by atoms with Gasteiger partial charge in [0.1, 0.15) is 12.3 Å². The van der Waals surface area contributed by atoms with Gasteiger partial charge in [-0.3, -0.25) is 9.59 Å². The smallest absolute Gasteiger partial charge is 0.304 e. The van der Waals surface area contributed by atoms with Crippen molar-refractivity contribution in [1.82, 2.24) is 15.3 Å². The average molecular weight is 289 g/mol. The maximum Gasteiger partial charge on any atom is 0.304 e. The first-order chi connectivity index (χ1) is 9.70. The van der Waals surface area contributed by atoms with Crippen molar-refractivity contribution in [2.75, 3.05) is 6.61 Å². The molecule has 0 aliphatic carbocycles. The first-order valence-corrected chi connectivity index (χ1v) is 6.58. The van der Waals surface area contributed by atoms with Crippen molar-refractivity contribution >= 4 is 17.2 Å². The molecule has 0 aliphatic rings. The third kappa shape index (κ3) is 3.54. The van der Waals surface area contributed by atoms with Crippen molar-refractivity contribution in [2.45, 2.75) is 6.54 Å². The standard InChI is InChI=1S/C13H11N3O3S/c17-6-2-4-9-3-1-5-14-11(9)12(18)15-7-10-8-20-13(19)16-10/h1,3,5,8,17H,6-7H2,(H,15,18)(H,16,19). The summed E-state index contributed by atoms with van der Waals surface area (Å²) < 4.78 is 0. The number of aliphatic hydroxyl groups excluding tert-OH is 1. The zero-order valence-corrected chi connectivity index (χ0v) is 11.2. The first kappa shape index (κ1) is 14.0. The fraction of sp³-hybridized carbons (Fsp3) is 0.154. The zero-order chi connectivity index (χ0) is 14.4. The Bertz CT molecular complexity index is 724. The Morgan fingerprint density at radius 3 is 3.10 bits per heavy atom. The summed E-state index contributed by atoms with van der Waals surface area (Å²) in [6, 6.07) is 3.31. The van der Waals surface area contributed by atoms with E-state index in [-0.39, 0.29) is 29.6 Å². The summed E-state index contributed by atoms with van der Waals surface area (Å²) in [5.74, 6) is 4.75. The van der Waals surface area contributed by atoms with Crippen LogP contribution in [0.1, 0.15) is 21.7 Å². The Kier molecular flexibility index (Phi) is 4.65. The molecule has 1 amide bonds. The summed E-state index contributed by atoms with van der Waals surface area (Å²) in [7, 11) is 0.